The first-order chi connectivity index (χ1) is 69.6. The van der Waals surface area contributed by atoms with E-state index in [4.69, 9.17) is 28.4 Å². The Hall–Kier alpha value is -11.5. The maximum absolute atomic E-state index is 14.8. The molecule has 12 amide bonds. The number of ketones is 2. The van der Waals surface area contributed by atoms with Crippen LogP contribution in [0.4, 0.5) is 4.79 Å². The Kier molecular flexibility index (Phi) is 55.2. The molecule has 0 aromatic heterocycles. The number of ether oxygens (including phenoxy) is 6. The van der Waals surface area contributed by atoms with E-state index in [2.05, 4.69) is 54.5 Å². The van der Waals surface area contributed by atoms with Crippen LogP contribution in [-0.2, 0) is 113 Å². The number of isocyanates is 1. The molecule has 0 bridgehead atoms. The van der Waals surface area contributed by atoms with Crippen molar-refractivity contribution >= 4 is 107 Å². The fourth-order valence-corrected chi connectivity index (χ4v) is 18.1. The molecule has 4 saturated heterocycles. The number of amides is 12. The molecule has 40 heteroatoms. The van der Waals surface area contributed by atoms with E-state index in [0.29, 0.717) is 74.2 Å². The Morgan fingerprint density at radius 1 is 0.514 bits per heavy atom. The van der Waals surface area contributed by atoms with E-state index in [1.165, 1.54) is 93.6 Å². The molecule has 0 saturated carbocycles. The van der Waals surface area contributed by atoms with Gasteiger partial charge in [0.1, 0.15) is 78.1 Å². The number of unbranched alkanes of at least 4 members (excludes halogenated alkanes) is 2. The first kappa shape index (κ1) is 129. The number of esters is 4. The minimum Gasteiger partial charge on any atom is -0.497 e. The molecule has 2 aromatic rings. The van der Waals surface area contributed by atoms with Gasteiger partial charge in [0.15, 0.2) is 23.8 Å². The van der Waals surface area contributed by atoms with E-state index in [-0.39, 0.29) is 81.7 Å². The number of likely N-dealkylation sites (N-methyl/N-ethyl adjacent to an activating group) is 4. The molecular formula is C108H174N14O26. The topological polar surface area (TPSA) is 528 Å². The predicted molar refractivity (Wildman–Crippen MR) is 555 cm³/mol. The van der Waals surface area contributed by atoms with Gasteiger partial charge in [-0.1, -0.05) is 175 Å². The average molecular weight is 2080 g/mol. The van der Waals surface area contributed by atoms with Crippen molar-refractivity contribution in [3.63, 3.8) is 0 Å². The summed E-state index contributed by atoms with van der Waals surface area (Å²) in [6.07, 6.45) is -2.13. The van der Waals surface area contributed by atoms with Crippen molar-refractivity contribution in [3.05, 3.63) is 59.7 Å². The quantitative estimate of drug-likeness (QED) is 0.00835. The van der Waals surface area contributed by atoms with Crippen molar-refractivity contribution in [2.75, 3.05) is 68.6 Å². The number of carbonyl (C=O) groups excluding carboxylic acids is 18. The number of hydrogen-bond donors (Lipinski definition) is 10. The average Bonchev–Trinajstić information content (AvgIpc) is 1.62. The molecule has 0 unspecified atom stereocenters. The van der Waals surface area contributed by atoms with E-state index in [1.54, 1.807) is 104 Å². The molecule has 6 rings (SSSR count). The first-order valence-corrected chi connectivity index (χ1v) is 52.8. The minimum atomic E-state index is -1.68. The summed E-state index contributed by atoms with van der Waals surface area (Å²) in [6.45, 7) is 39.6. The Balaban J connectivity index is 0.000000580. The summed E-state index contributed by atoms with van der Waals surface area (Å²) in [7, 11) is 8.95. The van der Waals surface area contributed by atoms with E-state index >= 15 is 0 Å². The maximum Gasteiger partial charge on any atom is 0.329 e. The molecule has 4 heterocycles. The van der Waals surface area contributed by atoms with Gasteiger partial charge in [0.2, 0.25) is 65.2 Å². The summed E-state index contributed by atoms with van der Waals surface area (Å²) in [4.78, 5) is 261. The number of aliphatic hydroxyl groups is 2. The zero-order valence-electron chi connectivity index (χ0n) is 92.7. The van der Waals surface area contributed by atoms with Crippen molar-refractivity contribution in [1.29, 1.82) is 0 Å². The standard InChI is InChI=1S/C54H87N7O13.C49H78N6O12.C5H9NO/c1-15-17-24-55-54(71)60(13)40(27-31(5)6)49(66)58-45-35(11)73-53(70)41(28-36-20-22-37(72-14)23-21-36)59(12)52(69)39-19-18-25-61(39)51(68)38(26-30(3)4)56-48(65)34(10)46(64)47(32(7)8)74-43(63)29-42(62)44(33(9)16-2)57-50(45)67;1-14-29(8)40-38(56)25-39(57)67-43(28(6)7)42(58)30(9)44(59)51-35(23-27(4)5)47(62)55-21-15-16-36(55)48(63)54(12)37(24-32-17-19-33(65-13)20-18-32)49(64)66-31(10)41(46(61)52-40)53-45(60)34(50-11)22-26(2)3;1-2-3-4-6-5-7/h20-23,30-35,38-42,44-45,47,62H,15-19,24-29H2,1-14H3,(H,55,71)(H,56,65)(H,57,67)(H,58,66);17-20,26-31,34-38,40-41,43,50,56H,14-16,21-25H2,1-13H3,(H,51,59)(H,52,61)(H,53,60);2-4H2,1H3/t33-,34-,35+,38-,39-,40+,41-,42-,44+,45-,47-;29-,30-,31+,34+,35-,36-,37-,38-,40+,41-,43-;/m00./s1. The Labute approximate surface area is 875 Å². The van der Waals surface area contributed by atoms with Gasteiger partial charge >= 0.3 is 29.9 Å². The molecule has 2 aromatic carbocycles. The summed E-state index contributed by atoms with van der Waals surface area (Å²) in [5.41, 5.74) is 1.23. The molecule has 40 nitrogen and oxygen atoms in total. The maximum atomic E-state index is 14.8. The summed E-state index contributed by atoms with van der Waals surface area (Å²) in [5, 5.41) is 45.8. The number of hydrogen-bond acceptors (Lipinski definition) is 28. The van der Waals surface area contributed by atoms with Gasteiger partial charge in [-0.2, -0.15) is 0 Å². The van der Waals surface area contributed by atoms with Crippen LogP contribution >= 0.6 is 0 Å². The van der Waals surface area contributed by atoms with Crippen molar-refractivity contribution in [2.45, 2.75) is 377 Å². The molecule has 10 N–H and O–H groups in total. The lowest BCUT2D eigenvalue weighted by Crippen LogP contribution is -2.62. The van der Waals surface area contributed by atoms with E-state index in [1.807, 2.05) is 69.2 Å². The molecule has 4 aliphatic rings. The number of urea groups is 1. The van der Waals surface area contributed by atoms with E-state index < -0.39 is 258 Å². The molecule has 4 aliphatic heterocycles. The third-order valence-electron chi connectivity index (χ3n) is 27.6. The lowest BCUT2D eigenvalue weighted by molar-refractivity contribution is -0.163. The van der Waals surface area contributed by atoms with Gasteiger partial charge in [-0.25, -0.2) is 24.2 Å². The van der Waals surface area contributed by atoms with E-state index in [9.17, 15) is 96.5 Å². The second-order valence-corrected chi connectivity index (χ2v) is 42.1. The molecule has 0 radical (unpaired) electrons. The number of cyclic esters (lactones) is 4. The highest BCUT2D eigenvalue weighted by Gasteiger charge is 2.49. The number of rotatable bonds is 32. The highest BCUT2D eigenvalue weighted by atomic mass is 16.6. The van der Waals surface area contributed by atoms with Crippen molar-refractivity contribution in [3.8, 4) is 11.5 Å². The monoisotopic (exact) mass is 2080 g/mol. The van der Waals surface area contributed by atoms with Crippen LogP contribution in [0.1, 0.15) is 266 Å². The third kappa shape index (κ3) is 39.1. The number of benzene rings is 2. The van der Waals surface area contributed by atoms with Gasteiger partial charge in [-0.3, -0.25) is 67.1 Å². The van der Waals surface area contributed by atoms with Crippen LogP contribution in [0.3, 0.4) is 0 Å². The zero-order chi connectivity index (χ0) is 112. The molecule has 22 atom stereocenters. The van der Waals surface area contributed by atoms with Crippen molar-refractivity contribution in [1.82, 2.24) is 67.0 Å². The normalized spacial score (nSPS) is 26.1. The number of aliphatic imine (C=N–C) groups is 1. The number of methoxy groups -OCH3 is 2. The molecule has 0 spiro atoms. The molecule has 4 fully saturated rings. The van der Waals surface area contributed by atoms with Crippen molar-refractivity contribution in [2.24, 2.45) is 64.2 Å². The number of aliphatic hydroxyl groups excluding tert-OH is 2. The number of nitrogens with zero attached hydrogens (tertiary/aromatic N) is 6. The minimum absolute atomic E-state index is 0.0500. The van der Waals surface area contributed by atoms with Gasteiger partial charge in [0, 0.05) is 53.6 Å². The fraction of sp³-hybridized carbons (Fsp3) is 0.722. The Bertz CT molecular complexity index is 4720. The Morgan fingerprint density at radius 2 is 0.892 bits per heavy atom. The molecule has 0 aliphatic carbocycles. The number of Topliss-reactive ketones (excluding diaryl/α,β-unsaturated/α-hetero) is 2. The van der Waals surface area contributed by atoms with Crippen molar-refractivity contribution < 1.29 is 125 Å². The van der Waals surface area contributed by atoms with Gasteiger partial charge in [-0.05, 0) is 182 Å². The van der Waals surface area contributed by atoms with Gasteiger partial charge in [-0.15, -0.1) is 0 Å². The SMILES string of the molecule is CCCCN=C=O.CCCCNC(=O)N(C)[C@H](CC(C)C)C(=O)N[C@@H]1C(=O)N[C@H]([C@@H](C)CC)[C@@H](O)CC(=O)O[C@@H](C(C)C)C(=O)[C@H](C)C(=O)N[C@@H](CC(C)C)C(=O)N2CCC[C@H]2C(=O)N(C)[C@@H](Cc2ccc(OC)cc2)C(=O)O[C@@H]1C.CC[C@H](C)[C@H]1NC(=O)[C@@H](NC(=O)[C@@H](CC(C)C)NC)[C@@H](C)OC(=O)[C@H](Cc2ccc(OC)cc2)N(C)C(=O)[C@@H]2CCCN2C(=O)[C@H](CC(C)C)NC(=O)[C@@H](C)C(=O)[C@H](C(C)C)OC(=O)C[C@@H]1O. The molecule has 148 heavy (non-hydrogen) atoms. The summed E-state index contributed by atoms with van der Waals surface area (Å²) < 4.78 is 34.3. The highest BCUT2D eigenvalue weighted by molar-refractivity contribution is 6.07. The van der Waals surface area contributed by atoms with Gasteiger partial charge < -0.3 is 106 Å². The summed E-state index contributed by atoms with van der Waals surface area (Å²) in [5.74, 6) is -16.2. The number of nitrogens with one attached hydrogen (secondary N) is 8. The van der Waals surface area contributed by atoms with Crippen LogP contribution in [0.25, 0.3) is 0 Å². The fourth-order valence-electron chi connectivity index (χ4n) is 18.1. The van der Waals surface area contributed by atoms with Gasteiger partial charge in [0.05, 0.1) is 75.8 Å². The third-order valence-corrected chi connectivity index (χ3v) is 27.6. The number of fused-ring (bicyclic) bond motifs is 2. The second-order valence-electron chi connectivity index (χ2n) is 42.1. The van der Waals surface area contributed by atoms with Crippen LogP contribution in [0.5, 0.6) is 11.5 Å². The Morgan fingerprint density at radius 3 is 1.22 bits per heavy atom. The second kappa shape index (κ2) is 63.5. The van der Waals surface area contributed by atoms with Crippen LogP contribution in [-0.4, -0.2) is 319 Å². The van der Waals surface area contributed by atoms with Crippen LogP contribution in [0.2, 0.25) is 0 Å². The zero-order valence-corrected chi connectivity index (χ0v) is 92.7. The lowest BCUT2D eigenvalue weighted by atomic mass is 9.91. The highest BCUT2D eigenvalue weighted by Crippen LogP contribution is 2.31. The lowest BCUT2D eigenvalue weighted by Gasteiger charge is -2.36. The van der Waals surface area contributed by atoms with Gasteiger partial charge in [0.25, 0.3) is 0 Å². The van der Waals surface area contributed by atoms with E-state index in [0.717, 1.165) is 19.3 Å². The summed E-state index contributed by atoms with van der Waals surface area (Å²) >= 11 is 0. The summed E-state index contributed by atoms with van der Waals surface area (Å²) in [6, 6.07) is -1.21. The molecular weight excluding hydrogens is 1910 g/mol. The smallest absolute Gasteiger partial charge is 0.329 e. The van der Waals surface area contributed by atoms with Crippen LogP contribution in [0, 0.1) is 59.2 Å². The van der Waals surface area contributed by atoms with Crippen LogP contribution in [0.15, 0.2) is 53.5 Å². The first-order valence-electron chi connectivity index (χ1n) is 52.8. The molecule has 832 valence electrons. The van der Waals surface area contributed by atoms with Crippen LogP contribution < -0.4 is 52.0 Å². The predicted octanol–water partition coefficient (Wildman–Crippen LogP) is 7.76. The largest absolute Gasteiger partial charge is 0.497 e. The number of carbonyl (C=O) groups is 17.